The molecule has 2 aromatic rings. The smallest absolute Gasteiger partial charge is 0.0485 e. The van der Waals surface area contributed by atoms with E-state index in [1.54, 1.807) is 0 Å². The molecular weight excluding hydrogens is 312 g/mol. The number of rotatable bonds is 6. The molecule has 2 nitrogen and oxygen atoms in total. The van der Waals surface area contributed by atoms with Crippen LogP contribution in [0.1, 0.15) is 12.5 Å². The van der Waals surface area contributed by atoms with E-state index in [1.807, 2.05) is 12.1 Å². The van der Waals surface area contributed by atoms with Gasteiger partial charge in [-0.05, 0) is 54.0 Å². The van der Waals surface area contributed by atoms with Gasteiger partial charge in [0, 0.05) is 35.5 Å². The summed E-state index contributed by atoms with van der Waals surface area (Å²) in [5.41, 5.74) is 3.73. The lowest BCUT2D eigenvalue weighted by molar-refractivity contribution is 0.835. The van der Waals surface area contributed by atoms with E-state index in [-0.39, 0.29) is 0 Å². The van der Waals surface area contributed by atoms with Crippen molar-refractivity contribution >= 4 is 27.3 Å². The maximum absolute atomic E-state index is 3.56. The number of benzene rings is 2. The van der Waals surface area contributed by atoms with Crippen LogP contribution in [0, 0.1) is 6.92 Å². The first-order chi connectivity index (χ1) is 9.70. The van der Waals surface area contributed by atoms with Crippen LogP contribution in [0.4, 0.5) is 11.4 Å². The Balaban J connectivity index is 1.91. The van der Waals surface area contributed by atoms with Crippen molar-refractivity contribution in [2.24, 2.45) is 0 Å². The summed E-state index contributed by atoms with van der Waals surface area (Å²) < 4.78 is 1.11. The topological polar surface area (TPSA) is 15.3 Å². The predicted molar refractivity (Wildman–Crippen MR) is 91.7 cm³/mol. The van der Waals surface area contributed by atoms with Crippen LogP contribution in [0.3, 0.4) is 0 Å². The third-order valence-electron chi connectivity index (χ3n) is 3.35. The highest BCUT2D eigenvalue weighted by molar-refractivity contribution is 9.10. The van der Waals surface area contributed by atoms with Gasteiger partial charge in [0.15, 0.2) is 0 Å². The van der Waals surface area contributed by atoms with Gasteiger partial charge in [0.25, 0.3) is 0 Å². The molecule has 2 aromatic carbocycles. The summed E-state index contributed by atoms with van der Waals surface area (Å²) >= 11 is 3.56. The van der Waals surface area contributed by atoms with Gasteiger partial charge in [-0.2, -0.15) is 0 Å². The summed E-state index contributed by atoms with van der Waals surface area (Å²) in [7, 11) is 0. The molecule has 0 heterocycles. The Bertz CT molecular complexity index is 537. The van der Waals surface area contributed by atoms with Crippen LogP contribution < -0.4 is 10.2 Å². The molecule has 0 amide bonds. The number of hydrogen-bond acceptors (Lipinski definition) is 2. The van der Waals surface area contributed by atoms with Crippen molar-refractivity contribution in [2.45, 2.75) is 13.8 Å². The fourth-order valence-corrected chi connectivity index (χ4v) is 2.58. The molecule has 0 fully saturated rings. The molecule has 2 rings (SSSR count). The Hall–Kier alpha value is -1.48. The summed E-state index contributed by atoms with van der Waals surface area (Å²) in [6.45, 7) is 7.23. The molecule has 0 aliphatic rings. The second-order valence-electron chi connectivity index (χ2n) is 4.82. The fourth-order valence-electron chi connectivity index (χ4n) is 2.16. The van der Waals surface area contributed by atoms with Gasteiger partial charge in [-0.25, -0.2) is 0 Å². The fraction of sp³-hybridized carbons (Fsp3) is 0.294. The summed E-state index contributed by atoms with van der Waals surface area (Å²) in [4.78, 5) is 2.38. The molecule has 1 N–H and O–H groups in total. The van der Waals surface area contributed by atoms with Crippen molar-refractivity contribution in [3.63, 3.8) is 0 Å². The number of anilines is 2. The summed E-state index contributed by atoms with van der Waals surface area (Å²) in [6, 6.07) is 16.9. The van der Waals surface area contributed by atoms with E-state index in [4.69, 9.17) is 0 Å². The molecule has 0 aromatic heterocycles. The SMILES string of the molecule is CCN(CCNc1ccccc1Br)c1ccc(C)cc1. The van der Waals surface area contributed by atoms with Crippen molar-refractivity contribution in [1.29, 1.82) is 0 Å². The van der Waals surface area contributed by atoms with Crippen LogP contribution in [0.2, 0.25) is 0 Å². The molecule has 0 unspecified atom stereocenters. The number of hydrogen-bond donors (Lipinski definition) is 1. The van der Waals surface area contributed by atoms with Crippen molar-refractivity contribution in [2.75, 3.05) is 29.9 Å². The van der Waals surface area contributed by atoms with Crippen LogP contribution >= 0.6 is 15.9 Å². The average molecular weight is 333 g/mol. The van der Waals surface area contributed by atoms with Crippen LogP contribution in [0.25, 0.3) is 0 Å². The maximum Gasteiger partial charge on any atom is 0.0485 e. The number of aryl methyl sites for hydroxylation is 1. The highest BCUT2D eigenvalue weighted by atomic mass is 79.9. The third kappa shape index (κ3) is 4.01. The minimum Gasteiger partial charge on any atom is -0.382 e. The minimum atomic E-state index is 0.921. The molecule has 0 atom stereocenters. The van der Waals surface area contributed by atoms with Crippen molar-refractivity contribution < 1.29 is 0 Å². The number of nitrogens with one attached hydrogen (secondary N) is 1. The first-order valence-corrected chi connectivity index (χ1v) is 7.80. The van der Waals surface area contributed by atoms with E-state index in [9.17, 15) is 0 Å². The van der Waals surface area contributed by atoms with E-state index < -0.39 is 0 Å². The Morgan fingerprint density at radius 3 is 2.40 bits per heavy atom. The number of halogens is 1. The normalized spacial score (nSPS) is 10.3. The zero-order valence-electron chi connectivity index (χ0n) is 12.1. The molecule has 3 heteroatoms. The summed E-state index contributed by atoms with van der Waals surface area (Å²) in [5.74, 6) is 0. The van der Waals surface area contributed by atoms with Gasteiger partial charge in [0.1, 0.15) is 0 Å². The highest BCUT2D eigenvalue weighted by Gasteiger charge is 2.04. The third-order valence-corrected chi connectivity index (χ3v) is 4.04. The molecular formula is C17H21BrN2. The molecule has 0 saturated carbocycles. The average Bonchev–Trinajstić information content (AvgIpc) is 2.47. The lowest BCUT2D eigenvalue weighted by atomic mass is 10.2. The first kappa shape index (κ1) is 14.9. The molecule has 0 aliphatic carbocycles. The quantitative estimate of drug-likeness (QED) is 0.825. The Morgan fingerprint density at radius 2 is 1.75 bits per heavy atom. The van der Waals surface area contributed by atoms with E-state index in [0.29, 0.717) is 0 Å². The van der Waals surface area contributed by atoms with Gasteiger partial charge in [0.2, 0.25) is 0 Å². The van der Waals surface area contributed by atoms with Gasteiger partial charge in [-0.1, -0.05) is 29.8 Å². The molecule has 20 heavy (non-hydrogen) atoms. The summed E-state index contributed by atoms with van der Waals surface area (Å²) in [6.07, 6.45) is 0. The summed E-state index contributed by atoms with van der Waals surface area (Å²) in [5, 5.41) is 3.47. The van der Waals surface area contributed by atoms with Gasteiger partial charge < -0.3 is 10.2 Å². The molecule has 0 saturated heterocycles. The standard InChI is InChI=1S/C17H21BrN2/c1-3-20(15-10-8-14(2)9-11-15)13-12-19-17-7-5-4-6-16(17)18/h4-11,19H,3,12-13H2,1-2H3. The van der Waals surface area contributed by atoms with E-state index in [0.717, 1.165) is 29.8 Å². The number of para-hydroxylation sites is 1. The van der Waals surface area contributed by atoms with Gasteiger partial charge >= 0.3 is 0 Å². The van der Waals surface area contributed by atoms with Gasteiger partial charge in [-0.15, -0.1) is 0 Å². The second kappa shape index (κ2) is 7.34. The Morgan fingerprint density at radius 1 is 1.05 bits per heavy atom. The largest absolute Gasteiger partial charge is 0.382 e. The first-order valence-electron chi connectivity index (χ1n) is 7.00. The lowest BCUT2D eigenvalue weighted by Gasteiger charge is -2.23. The minimum absolute atomic E-state index is 0.921. The molecule has 0 radical (unpaired) electrons. The Kier molecular flexibility index (Phi) is 5.48. The van der Waals surface area contributed by atoms with Gasteiger partial charge in [-0.3, -0.25) is 0 Å². The van der Waals surface area contributed by atoms with Crippen molar-refractivity contribution in [3.8, 4) is 0 Å². The molecule has 106 valence electrons. The zero-order chi connectivity index (χ0) is 14.4. The van der Waals surface area contributed by atoms with Crippen molar-refractivity contribution in [3.05, 3.63) is 58.6 Å². The van der Waals surface area contributed by atoms with Crippen LogP contribution in [0.15, 0.2) is 53.0 Å². The highest BCUT2D eigenvalue weighted by Crippen LogP contribution is 2.21. The van der Waals surface area contributed by atoms with E-state index >= 15 is 0 Å². The van der Waals surface area contributed by atoms with Crippen LogP contribution in [0.5, 0.6) is 0 Å². The second-order valence-corrected chi connectivity index (χ2v) is 5.68. The van der Waals surface area contributed by atoms with Crippen molar-refractivity contribution in [1.82, 2.24) is 0 Å². The van der Waals surface area contributed by atoms with E-state index in [1.165, 1.54) is 11.3 Å². The van der Waals surface area contributed by atoms with Crippen LogP contribution in [-0.4, -0.2) is 19.6 Å². The van der Waals surface area contributed by atoms with E-state index in [2.05, 4.69) is 76.4 Å². The van der Waals surface area contributed by atoms with Gasteiger partial charge in [0.05, 0.1) is 0 Å². The predicted octanol–water partition coefficient (Wildman–Crippen LogP) is 4.70. The molecule has 0 bridgehead atoms. The monoisotopic (exact) mass is 332 g/mol. The maximum atomic E-state index is 3.56. The molecule has 0 aliphatic heterocycles. The lowest BCUT2D eigenvalue weighted by Crippen LogP contribution is -2.28. The Labute approximate surface area is 129 Å². The molecule has 0 spiro atoms. The number of likely N-dealkylation sites (N-methyl/N-ethyl adjacent to an activating group) is 1. The zero-order valence-corrected chi connectivity index (χ0v) is 13.7. The number of nitrogens with zero attached hydrogens (tertiary/aromatic N) is 1. The van der Waals surface area contributed by atoms with Crippen LogP contribution in [-0.2, 0) is 0 Å².